The first-order valence-corrected chi connectivity index (χ1v) is 18.7. The second-order valence-corrected chi connectivity index (χ2v) is 14.0. The van der Waals surface area contributed by atoms with Gasteiger partial charge >= 0.3 is 0 Å². The zero-order valence-electron chi connectivity index (χ0n) is 30.1. The van der Waals surface area contributed by atoms with Crippen LogP contribution < -0.4 is 0 Å². The van der Waals surface area contributed by atoms with Gasteiger partial charge < -0.3 is 8.83 Å². The fourth-order valence-electron chi connectivity index (χ4n) is 7.88. The largest absolute Gasteiger partial charge is 0.456 e. The highest BCUT2D eigenvalue weighted by Gasteiger charge is 2.19. The fourth-order valence-corrected chi connectivity index (χ4v) is 7.88. The summed E-state index contributed by atoms with van der Waals surface area (Å²) >= 11 is 0. The minimum atomic E-state index is 0.592. The highest BCUT2D eigenvalue weighted by molar-refractivity contribution is 6.13. The molecule has 0 aliphatic carbocycles. The van der Waals surface area contributed by atoms with E-state index >= 15 is 0 Å². The molecule has 11 aromatic rings. The van der Waals surface area contributed by atoms with Gasteiger partial charge in [0.1, 0.15) is 22.3 Å². The number of hydrogen-bond donors (Lipinski definition) is 0. The van der Waals surface area contributed by atoms with E-state index in [0.717, 1.165) is 88.4 Å². The molecule has 0 fully saturated rings. The fraction of sp³-hybridized carbons (Fsp3) is 0. The smallest absolute Gasteiger partial charge is 0.164 e. The van der Waals surface area contributed by atoms with Crippen molar-refractivity contribution in [3.63, 3.8) is 0 Å². The van der Waals surface area contributed by atoms with Gasteiger partial charge in [-0.25, -0.2) is 15.0 Å². The van der Waals surface area contributed by atoms with E-state index in [4.69, 9.17) is 23.8 Å². The highest BCUT2D eigenvalue weighted by Crippen LogP contribution is 2.40. The molecule has 0 spiro atoms. The second-order valence-electron chi connectivity index (χ2n) is 14.0. The van der Waals surface area contributed by atoms with Crippen molar-refractivity contribution in [1.29, 1.82) is 0 Å². The topological polar surface area (TPSA) is 65.0 Å². The number of hydrogen-bond acceptors (Lipinski definition) is 5. The number of fused-ring (bicyclic) bond motifs is 6. The lowest BCUT2D eigenvalue weighted by molar-refractivity contribution is 0.668. The molecular weight excluding hydrogens is 687 g/mol. The van der Waals surface area contributed by atoms with E-state index in [1.54, 1.807) is 0 Å². The van der Waals surface area contributed by atoms with Gasteiger partial charge in [-0.05, 0) is 75.8 Å². The van der Waals surface area contributed by atoms with Gasteiger partial charge in [-0.2, -0.15) is 0 Å². The maximum absolute atomic E-state index is 6.46. The molecular formula is C51H31N3O2. The first-order chi connectivity index (χ1) is 27.7. The molecule has 0 amide bonds. The predicted octanol–water partition coefficient (Wildman–Crippen LogP) is 13.7. The Morgan fingerprint density at radius 2 is 0.750 bits per heavy atom. The molecule has 0 aliphatic heterocycles. The van der Waals surface area contributed by atoms with Crippen molar-refractivity contribution in [2.45, 2.75) is 0 Å². The van der Waals surface area contributed by atoms with E-state index in [1.807, 2.05) is 66.7 Å². The molecule has 5 nitrogen and oxygen atoms in total. The molecule has 0 radical (unpaired) electrons. The maximum Gasteiger partial charge on any atom is 0.164 e. The van der Waals surface area contributed by atoms with Crippen LogP contribution in [0.1, 0.15) is 0 Å². The molecule has 11 rings (SSSR count). The van der Waals surface area contributed by atoms with Crippen LogP contribution in [0.2, 0.25) is 0 Å². The summed E-state index contributed by atoms with van der Waals surface area (Å²) in [6.07, 6.45) is 0. The Morgan fingerprint density at radius 1 is 0.268 bits per heavy atom. The molecule has 0 bridgehead atoms. The third kappa shape index (κ3) is 5.45. The van der Waals surface area contributed by atoms with Crippen molar-refractivity contribution < 1.29 is 8.83 Å². The molecule has 0 aliphatic rings. The molecule has 262 valence electrons. The molecule has 0 N–H and O–H groups in total. The third-order valence-corrected chi connectivity index (χ3v) is 10.5. The molecule has 0 atom stereocenters. The van der Waals surface area contributed by atoms with Gasteiger partial charge in [0.15, 0.2) is 17.5 Å². The molecule has 0 saturated carbocycles. The van der Waals surface area contributed by atoms with E-state index in [1.165, 1.54) is 5.56 Å². The zero-order chi connectivity index (χ0) is 37.0. The van der Waals surface area contributed by atoms with Gasteiger partial charge in [0.2, 0.25) is 0 Å². The Kier molecular flexibility index (Phi) is 7.42. The van der Waals surface area contributed by atoms with E-state index in [2.05, 4.69) is 121 Å². The Hall–Kier alpha value is -7.63. The van der Waals surface area contributed by atoms with Crippen LogP contribution in [0.4, 0.5) is 0 Å². The molecule has 56 heavy (non-hydrogen) atoms. The molecule has 3 heterocycles. The van der Waals surface area contributed by atoms with Crippen LogP contribution >= 0.6 is 0 Å². The molecule has 8 aromatic carbocycles. The van der Waals surface area contributed by atoms with E-state index in [-0.39, 0.29) is 0 Å². The standard InChI is InChI=1S/C51H31N3O2/c1-3-13-32(14-4-1)36-27-28-41-46(31-36)56-44-25-11-22-39(47(41)44)37-19-9-17-34(29-37)35-18-10-20-38(30-35)50-52-49(33-15-5-2-6-16-33)53-51(54-50)42-23-12-26-45-48(42)40-21-7-8-24-43(40)55-45/h1-31H. The van der Waals surface area contributed by atoms with Crippen LogP contribution in [0.5, 0.6) is 0 Å². The Bertz CT molecular complexity index is 3250. The van der Waals surface area contributed by atoms with Crippen LogP contribution in [-0.2, 0) is 0 Å². The minimum Gasteiger partial charge on any atom is -0.456 e. The van der Waals surface area contributed by atoms with Gasteiger partial charge in [-0.1, -0.05) is 146 Å². The summed E-state index contributed by atoms with van der Waals surface area (Å²) in [5, 5.41) is 4.22. The minimum absolute atomic E-state index is 0.592. The van der Waals surface area contributed by atoms with Crippen molar-refractivity contribution in [2.75, 3.05) is 0 Å². The lowest BCUT2D eigenvalue weighted by atomic mass is 9.95. The van der Waals surface area contributed by atoms with Gasteiger partial charge in [-0.3, -0.25) is 0 Å². The van der Waals surface area contributed by atoms with Gasteiger partial charge in [0, 0.05) is 38.2 Å². The van der Waals surface area contributed by atoms with Gasteiger partial charge in [0.05, 0.1) is 0 Å². The third-order valence-electron chi connectivity index (χ3n) is 10.5. The van der Waals surface area contributed by atoms with Crippen LogP contribution in [0, 0.1) is 0 Å². The molecule has 0 unspecified atom stereocenters. The van der Waals surface area contributed by atoms with Crippen LogP contribution in [0.15, 0.2) is 197 Å². The van der Waals surface area contributed by atoms with E-state index in [9.17, 15) is 0 Å². The van der Waals surface area contributed by atoms with Crippen molar-refractivity contribution in [2.24, 2.45) is 0 Å². The van der Waals surface area contributed by atoms with Crippen molar-refractivity contribution in [3.05, 3.63) is 188 Å². The number of benzene rings is 8. The summed E-state index contributed by atoms with van der Waals surface area (Å²) in [7, 11) is 0. The lowest BCUT2D eigenvalue weighted by Crippen LogP contribution is -2.00. The number of nitrogens with zero attached hydrogens (tertiary/aromatic N) is 3. The maximum atomic E-state index is 6.46. The average Bonchev–Trinajstić information content (AvgIpc) is 3.85. The summed E-state index contributed by atoms with van der Waals surface area (Å²) in [6, 6.07) is 64.6. The number of furan rings is 2. The molecule has 3 aromatic heterocycles. The normalized spacial score (nSPS) is 11.6. The van der Waals surface area contributed by atoms with E-state index in [0.29, 0.717) is 17.5 Å². The van der Waals surface area contributed by atoms with Crippen molar-refractivity contribution in [3.8, 4) is 67.5 Å². The first kappa shape index (κ1) is 31.9. The number of aromatic nitrogens is 3. The van der Waals surface area contributed by atoms with Gasteiger partial charge in [0.25, 0.3) is 0 Å². The molecule has 5 heteroatoms. The Balaban J connectivity index is 1.02. The van der Waals surface area contributed by atoms with Gasteiger partial charge in [-0.15, -0.1) is 0 Å². The Morgan fingerprint density at radius 3 is 1.52 bits per heavy atom. The lowest BCUT2D eigenvalue weighted by Gasteiger charge is -2.11. The summed E-state index contributed by atoms with van der Waals surface area (Å²) in [5.74, 6) is 1.80. The Labute approximate surface area is 322 Å². The SMILES string of the molecule is c1ccc(-c2ccc3c(c2)oc2cccc(-c4cccc(-c5cccc(-c6nc(-c7ccccc7)nc(-c7cccc8oc9ccccc9c78)n6)c5)c4)c23)cc1. The quantitative estimate of drug-likeness (QED) is 0.171. The highest BCUT2D eigenvalue weighted by atomic mass is 16.3. The average molecular weight is 718 g/mol. The van der Waals surface area contributed by atoms with E-state index < -0.39 is 0 Å². The van der Waals surface area contributed by atoms with Crippen LogP contribution in [0.25, 0.3) is 111 Å². The summed E-state index contributed by atoms with van der Waals surface area (Å²) in [5.41, 5.74) is 12.8. The number of rotatable bonds is 6. The number of para-hydroxylation sites is 1. The van der Waals surface area contributed by atoms with Crippen LogP contribution in [0.3, 0.4) is 0 Å². The van der Waals surface area contributed by atoms with Crippen molar-refractivity contribution >= 4 is 43.9 Å². The molecule has 0 saturated heterocycles. The van der Waals surface area contributed by atoms with Crippen LogP contribution in [-0.4, -0.2) is 15.0 Å². The summed E-state index contributed by atoms with van der Waals surface area (Å²) in [6.45, 7) is 0. The van der Waals surface area contributed by atoms with Crippen molar-refractivity contribution in [1.82, 2.24) is 15.0 Å². The second kappa shape index (κ2) is 13.0. The first-order valence-electron chi connectivity index (χ1n) is 18.7. The monoisotopic (exact) mass is 717 g/mol. The summed E-state index contributed by atoms with van der Waals surface area (Å²) in [4.78, 5) is 15.3. The predicted molar refractivity (Wildman–Crippen MR) is 227 cm³/mol. The summed E-state index contributed by atoms with van der Waals surface area (Å²) < 4.78 is 12.7. The zero-order valence-corrected chi connectivity index (χ0v) is 30.1.